The van der Waals surface area contributed by atoms with Gasteiger partial charge in [0.2, 0.25) is 10.0 Å². The summed E-state index contributed by atoms with van der Waals surface area (Å²) in [6.45, 7) is 0. The molecule has 0 amide bonds. The Kier molecular flexibility index (Phi) is 4.61. The highest BCUT2D eigenvalue weighted by Crippen LogP contribution is 2.31. The highest BCUT2D eigenvalue weighted by Gasteiger charge is 2.30. The zero-order valence-electron chi connectivity index (χ0n) is 11.8. The minimum atomic E-state index is -4.63. The van der Waals surface area contributed by atoms with Gasteiger partial charge in [-0.05, 0) is 36.4 Å². The lowest BCUT2D eigenvalue weighted by Crippen LogP contribution is -2.16. The van der Waals surface area contributed by atoms with Crippen LogP contribution < -0.4 is 9.86 Å². The summed E-state index contributed by atoms with van der Waals surface area (Å²) in [7, 11) is -8.42. The van der Waals surface area contributed by atoms with Crippen molar-refractivity contribution >= 4 is 25.7 Å². The summed E-state index contributed by atoms with van der Waals surface area (Å²) in [5, 5.41) is 4.92. The second kappa shape index (κ2) is 6.07. The number of alkyl halides is 3. The van der Waals surface area contributed by atoms with E-state index in [1.807, 2.05) is 4.72 Å². The molecule has 0 heterocycles. The minimum absolute atomic E-state index is 0.314. The average Bonchev–Trinajstić information content (AvgIpc) is 2.45. The number of primary sulfonamides is 1. The molecule has 0 atom stereocenters. The van der Waals surface area contributed by atoms with Gasteiger partial charge in [0.1, 0.15) is 0 Å². The molecule has 3 N–H and O–H groups in total. The molecule has 0 spiro atoms. The molecule has 24 heavy (non-hydrogen) atoms. The van der Waals surface area contributed by atoms with Gasteiger partial charge >= 0.3 is 6.18 Å². The third-order valence-electron chi connectivity index (χ3n) is 2.89. The van der Waals surface area contributed by atoms with Crippen LogP contribution in [0.5, 0.6) is 0 Å². The van der Waals surface area contributed by atoms with Gasteiger partial charge < -0.3 is 0 Å². The molecule has 0 fully saturated rings. The smallest absolute Gasteiger partial charge is 0.280 e. The summed E-state index contributed by atoms with van der Waals surface area (Å²) in [5.74, 6) is 0. The van der Waals surface area contributed by atoms with Crippen molar-refractivity contribution in [2.75, 3.05) is 4.72 Å². The Morgan fingerprint density at radius 2 is 1.46 bits per heavy atom. The standard InChI is InChI=1S/C13H11F3N2O4S2/c14-13(15,16)9-3-1-4-10(7-9)18-24(21,22)12-6-2-5-11(8-12)23(17,19)20/h1-8,18H,(H2,17,19,20). The average molecular weight is 380 g/mol. The van der Waals surface area contributed by atoms with Gasteiger partial charge in [0.25, 0.3) is 10.0 Å². The molecule has 0 radical (unpaired) electrons. The van der Waals surface area contributed by atoms with Crippen molar-refractivity contribution in [3.8, 4) is 0 Å². The van der Waals surface area contributed by atoms with E-state index >= 15 is 0 Å². The van der Waals surface area contributed by atoms with E-state index < -0.39 is 41.6 Å². The maximum absolute atomic E-state index is 12.7. The molecule has 0 aliphatic heterocycles. The fourth-order valence-electron chi connectivity index (χ4n) is 1.79. The molecule has 0 saturated carbocycles. The van der Waals surface area contributed by atoms with E-state index in [2.05, 4.69) is 0 Å². The number of nitrogens with one attached hydrogen (secondary N) is 1. The van der Waals surface area contributed by atoms with E-state index in [4.69, 9.17) is 5.14 Å². The van der Waals surface area contributed by atoms with Crippen LogP contribution in [0.3, 0.4) is 0 Å². The van der Waals surface area contributed by atoms with Crippen LogP contribution in [0.25, 0.3) is 0 Å². The molecule has 0 saturated heterocycles. The van der Waals surface area contributed by atoms with Crippen LogP contribution in [0.1, 0.15) is 5.56 Å². The number of sulfonamides is 2. The van der Waals surface area contributed by atoms with Crippen molar-refractivity contribution in [1.82, 2.24) is 0 Å². The largest absolute Gasteiger partial charge is 0.416 e. The van der Waals surface area contributed by atoms with Crippen LogP contribution in [0.4, 0.5) is 18.9 Å². The van der Waals surface area contributed by atoms with Gasteiger partial charge in [-0.15, -0.1) is 0 Å². The Morgan fingerprint density at radius 3 is 2.04 bits per heavy atom. The van der Waals surface area contributed by atoms with E-state index in [9.17, 15) is 30.0 Å². The van der Waals surface area contributed by atoms with Gasteiger partial charge in [0.05, 0.1) is 15.4 Å². The van der Waals surface area contributed by atoms with Gasteiger partial charge in [-0.1, -0.05) is 12.1 Å². The number of hydrogen-bond acceptors (Lipinski definition) is 4. The Bertz CT molecular complexity index is 971. The van der Waals surface area contributed by atoms with Crippen LogP contribution in [0.15, 0.2) is 58.3 Å². The van der Waals surface area contributed by atoms with Crippen molar-refractivity contribution in [1.29, 1.82) is 0 Å². The van der Waals surface area contributed by atoms with Crippen molar-refractivity contribution in [2.45, 2.75) is 16.0 Å². The fourth-order valence-corrected chi connectivity index (χ4v) is 3.52. The zero-order valence-corrected chi connectivity index (χ0v) is 13.4. The van der Waals surface area contributed by atoms with Crippen molar-refractivity contribution < 1.29 is 30.0 Å². The van der Waals surface area contributed by atoms with Gasteiger partial charge in [0.15, 0.2) is 0 Å². The van der Waals surface area contributed by atoms with Crippen molar-refractivity contribution in [3.05, 3.63) is 54.1 Å². The number of hydrogen-bond donors (Lipinski definition) is 2. The number of anilines is 1. The highest BCUT2D eigenvalue weighted by molar-refractivity contribution is 7.93. The summed E-state index contributed by atoms with van der Waals surface area (Å²) < 4.78 is 86.9. The molecule has 130 valence electrons. The van der Waals surface area contributed by atoms with E-state index in [-0.39, 0.29) is 5.69 Å². The summed E-state index contributed by atoms with van der Waals surface area (Å²) in [5.41, 5.74) is -1.34. The summed E-state index contributed by atoms with van der Waals surface area (Å²) in [6, 6.07) is 7.74. The summed E-state index contributed by atoms with van der Waals surface area (Å²) >= 11 is 0. The first-order valence-electron chi connectivity index (χ1n) is 6.22. The SMILES string of the molecule is NS(=O)(=O)c1cccc(S(=O)(=O)Nc2cccc(C(F)(F)F)c2)c1. The maximum Gasteiger partial charge on any atom is 0.416 e. The Morgan fingerprint density at radius 1 is 0.875 bits per heavy atom. The van der Waals surface area contributed by atoms with Crippen molar-refractivity contribution in [2.24, 2.45) is 5.14 Å². The number of rotatable bonds is 4. The quantitative estimate of drug-likeness (QED) is 0.848. The molecule has 6 nitrogen and oxygen atoms in total. The highest BCUT2D eigenvalue weighted by atomic mass is 32.2. The fraction of sp³-hybridized carbons (Fsp3) is 0.0769. The Labute approximate surface area is 136 Å². The van der Waals surface area contributed by atoms with Crippen LogP contribution in [-0.4, -0.2) is 16.8 Å². The first-order chi connectivity index (χ1) is 10.9. The maximum atomic E-state index is 12.7. The predicted molar refractivity (Wildman–Crippen MR) is 80.1 cm³/mol. The normalized spacial score (nSPS) is 12.8. The molecule has 2 aromatic rings. The van der Waals surface area contributed by atoms with E-state index in [0.29, 0.717) is 6.07 Å². The van der Waals surface area contributed by atoms with E-state index in [0.717, 1.165) is 42.5 Å². The molecular weight excluding hydrogens is 369 g/mol. The lowest BCUT2D eigenvalue weighted by molar-refractivity contribution is -0.137. The van der Waals surface area contributed by atoms with Crippen LogP contribution >= 0.6 is 0 Å². The Balaban J connectivity index is 2.40. The van der Waals surface area contributed by atoms with Crippen molar-refractivity contribution in [3.63, 3.8) is 0 Å². The second-order valence-corrected chi connectivity index (χ2v) is 7.95. The van der Waals surface area contributed by atoms with E-state index in [1.54, 1.807) is 0 Å². The minimum Gasteiger partial charge on any atom is -0.280 e. The van der Waals surface area contributed by atoms with Crippen LogP contribution in [0, 0.1) is 0 Å². The predicted octanol–water partition coefficient (Wildman–Crippen LogP) is 2.15. The first kappa shape index (κ1) is 18.2. The zero-order chi connectivity index (χ0) is 18.2. The number of halogens is 3. The number of benzene rings is 2. The van der Waals surface area contributed by atoms with E-state index in [1.165, 1.54) is 0 Å². The third-order valence-corrected chi connectivity index (χ3v) is 5.18. The third kappa shape index (κ3) is 4.24. The lowest BCUT2D eigenvalue weighted by atomic mass is 10.2. The van der Waals surface area contributed by atoms with Crippen LogP contribution in [0.2, 0.25) is 0 Å². The molecule has 11 heteroatoms. The Hall–Kier alpha value is -2.11. The van der Waals surface area contributed by atoms with Gasteiger partial charge in [-0.3, -0.25) is 4.72 Å². The monoisotopic (exact) mass is 380 g/mol. The molecule has 2 rings (SSSR count). The summed E-state index contributed by atoms with van der Waals surface area (Å²) in [6.07, 6.45) is -4.63. The molecule has 0 aromatic heterocycles. The molecule has 0 aliphatic carbocycles. The lowest BCUT2D eigenvalue weighted by Gasteiger charge is -2.11. The topological polar surface area (TPSA) is 106 Å². The number of nitrogens with two attached hydrogens (primary N) is 1. The summed E-state index contributed by atoms with van der Waals surface area (Å²) in [4.78, 5) is -0.888. The molecule has 2 aromatic carbocycles. The first-order valence-corrected chi connectivity index (χ1v) is 9.25. The van der Waals surface area contributed by atoms with Gasteiger partial charge in [-0.2, -0.15) is 13.2 Å². The molecular formula is C13H11F3N2O4S2. The molecule has 0 bridgehead atoms. The van der Waals surface area contributed by atoms with Gasteiger partial charge in [-0.25, -0.2) is 22.0 Å². The second-order valence-electron chi connectivity index (χ2n) is 4.70. The molecule has 0 aliphatic rings. The molecule has 0 unspecified atom stereocenters. The van der Waals surface area contributed by atoms with Crippen LogP contribution in [-0.2, 0) is 26.2 Å². The van der Waals surface area contributed by atoms with Gasteiger partial charge in [0, 0.05) is 5.69 Å².